The van der Waals surface area contributed by atoms with Crippen molar-refractivity contribution in [3.8, 4) is 0 Å². The molecule has 0 radical (unpaired) electrons. The van der Waals surface area contributed by atoms with E-state index in [4.69, 9.17) is 4.74 Å². The Labute approximate surface area is 118 Å². The van der Waals surface area contributed by atoms with Gasteiger partial charge in [-0.15, -0.1) is 0 Å². The number of ether oxygens (including phenoxy) is 2. The van der Waals surface area contributed by atoms with Gasteiger partial charge in [0, 0.05) is 12.2 Å². The molecule has 0 fully saturated rings. The minimum Gasteiger partial charge on any atom is -0.468 e. The van der Waals surface area contributed by atoms with Crippen LogP contribution in [0.4, 0.5) is 0 Å². The van der Waals surface area contributed by atoms with Gasteiger partial charge in [0.25, 0.3) is 0 Å². The lowest BCUT2D eigenvalue weighted by Gasteiger charge is -2.21. The number of rotatable bonds is 7. The van der Waals surface area contributed by atoms with Crippen LogP contribution < -0.4 is 5.32 Å². The lowest BCUT2D eigenvalue weighted by Crippen LogP contribution is -2.42. The Kier molecular flexibility index (Phi) is 6.24. The molecule has 0 bridgehead atoms. The predicted octanol–water partition coefficient (Wildman–Crippen LogP) is 1.48. The maximum atomic E-state index is 11.7. The van der Waals surface area contributed by atoms with Crippen LogP contribution in [0.15, 0.2) is 12.1 Å². The summed E-state index contributed by atoms with van der Waals surface area (Å²) in [5.74, 6) is -0.528. The molecule has 1 aromatic rings. The first-order chi connectivity index (χ1) is 9.53. The molecular formula is C14H22N2O4. The Morgan fingerprint density at radius 3 is 2.55 bits per heavy atom. The molecule has 6 heteroatoms. The molecule has 1 rings (SSSR count). The molecule has 20 heavy (non-hydrogen) atoms. The number of aromatic nitrogens is 1. The maximum absolute atomic E-state index is 11.7. The van der Waals surface area contributed by atoms with Gasteiger partial charge in [0.2, 0.25) is 0 Å². The Morgan fingerprint density at radius 1 is 1.30 bits per heavy atom. The monoisotopic (exact) mass is 282 g/mol. The van der Waals surface area contributed by atoms with E-state index in [0.29, 0.717) is 12.2 Å². The minimum absolute atomic E-state index is 0.164. The number of methoxy groups -OCH3 is 2. The molecule has 1 aromatic heterocycles. The molecule has 0 aromatic carbocycles. The third kappa shape index (κ3) is 4.09. The van der Waals surface area contributed by atoms with Crippen molar-refractivity contribution < 1.29 is 19.1 Å². The van der Waals surface area contributed by atoms with Crippen LogP contribution in [-0.4, -0.2) is 37.2 Å². The molecule has 0 aliphatic heterocycles. The van der Waals surface area contributed by atoms with Gasteiger partial charge >= 0.3 is 11.9 Å². The lowest BCUT2D eigenvalue weighted by molar-refractivity contribution is -0.144. The van der Waals surface area contributed by atoms with Crippen molar-refractivity contribution in [1.29, 1.82) is 0 Å². The van der Waals surface area contributed by atoms with Gasteiger partial charge in [-0.05, 0) is 18.1 Å². The second-order valence-electron chi connectivity index (χ2n) is 4.66. The van der Waals surface area contributed by atoms with Crippen LogP contribution in [0.2, 0.25) is 0 Å². The molecule has 112 valence electrons. The second-order valence-corrected chi connectivity index (χ2v) is 4.66. The number of H-pyrrole nitrogens is 1. The van der Waals surface area contributed by atoms with Crippen LogP contribution in [0.3, 0.4) is 0 Å². The van der Waals surface area contributed by atoms with E-state index in [-0.39, 0.29) is 17.9 Å². The highest BCUT2D eigenvalue weighted by Crippen LogP contribution is 2.11. The maximum Gasteiger partial charge on any atom is 0.354 e. The summed E-state index contributed by atoms with van der Waals surface area (Å²) in [7, 11) is 2.71. The van der Waals surface area contributed by atoms with Crippen molar-refractivity contribution in [2.45, 2.75) is 32.9 Å². The molecule has 0 aliphatic rings. The van der Waals surface area contributed by atoms with Crippen LogP contribution in [0, 0.1) is 5.92 Å². The van der Waals surface area contributed by atoms with E-state index in [9.17, 15) is 9.59 Å². The van der Waals surface area contributed by atoms with E-state index >= 15 is 0 Å². The van der Waals surface area contributed by atoms with Crippen molar-refractivity contribution in [1.82, 2.24) is 10.3 Å². The first-order valence-electron chi connectivity index (χ1n) is 6.60. The average Bonchev–Trinajstić information content (AvgIpc) is 2.94. The Balaban J connectivity index is 2.65. The van der Waals surface area contributed by atoms with Crippen molar-refractivity contribution in [2.24, 2.45) is 5.92 Å². The van der Waals surface area contributed by atoms with E-state index in [1.807, 2.05) is 13.8 Å². The van der Waals surface area contributed by atoms with Crippen molar-refractivity contribution >= 4 is 11.9 Å². The van der Waals surface area contributed by atoms with Crippen molar-refractivity contribution in [3.05, 3.63) is 23.5 Å². The van der Waals surface area contributed by atoms with Gasteiger partial charge in [-0.25, -0.2) is 4.79 Å². The topological polar surface area (TPSA) is 80.4 Å². The first kappa shape index (κ1) is 16.2. The van der Waals surface area contributed by atoms with E-state index in [2.05, 4.69) is 15.0 Å². The fourth-order valence-electron chi connectivity index (χ4n) is 1.87. The SMILES string of the molecule is CCC(C)C(NCc1ccc(C(=O)OC)[nH]1)C(=O)OC. The predicted molar refractivity (Wildman–Crippen MR) is 74.2 cm³/mol. The zero-order valence-corrected chi connectivity index (χ0v) is 12.4. The highest BCUT2D eigenvalue weighted by molar-refractivity contribution is 5.87. The summed E-state index contributed by atoms with van der Waals surface area (Å²) in [5, 5.41) is 3.15. The zero-order chi connectivity index (χ0) is 15.1. The molecule has 1 heterocycles. The van der Waals surface area contributed by atoms with Crippen LogP contribution in [-0.2, 0) is 20.8 Å². The standard InChI is InChI=1S/C14H22N2O4/c1-5-9(2)12(14(18)20-4)15-8-10-6-7-11(16-10)13(17)19-3/h6-7,9,12,15-16H,5,8H2,1-4H3. The quantitative estimate of drug-likeness (QED) is 0.740. The smallest absolute Gasteiger partial charge is 0.354 e. The first-order valence-corrected chi connectivity index (χ1v) is 6.60. The number of carbonyl (C=O) groups excluding carboxylic acids is 2. The Hall–Kier alpha value is -1.82. The number of hydrogen-bond donors (Lipinski definition) is 2. The number of nitrogens with one attached hydrogen (secondary N) is 2. The van der Waals surface area contributed by atoms with Gasteiger partial charge in [-0.1, -0.05) is 20.3 Å². The number of carbonyl (C=O) groups is 2. The Morgan fingerprint density at radius 2 is 2.00 bits per heavy atom. The normalized spacial score (nSPS) is 13.6. The largest absolute Gasteiger partial charge is 0.468 e. The fourth-order valence-corrected chi connectivity index (χ4v) is 1.87. The molecule has 6 nitrogen and oxygen atoms in total. The molecule has 2 N–H and O–H groups in total. The molecular weight excluding hydrogens is 260 g/mol. The van der Waals surface area contributed by atoms with Gasteiger partial charge in [0.05, 0.1) is 14.2 Å². The van der Waals surface area contributed by atoms with E-state index < -0.39 is 5.97 Å². The minimum atomic E-state index is -0.414. The van der Waals surface area contributed by atoms with E-state index in [1.165, 1.54) is 14.2 Å². The average molecular weight is 282 g/mol. The molecule has 2 atom stereocenters. The Bertz CT molecular complexity index is 456. The van der Waals surface area contributed by atoms with Gasteiger partial charge in [0.1, 0.15) is 11.7 Å². The number of hydrogen-bond acceptors (Lipinski definition) is 5. The summed E-state index contributed by atoms with van der Waals surface area (Å²) in [6, 6.07) is 3.07. The highest BCUT2D eigenvalue weighted by Gasteiger charge is 2.24. The van der Waals surface area contributed by atoms with Crippen LogP contribution in [0.5, 0.6) is 0 Å². The molecule has 0 amide bonds. The molecule has 2 unspecified atom stereocenters. The second kappa shape index (κ2) is 7.69. The molecule has 0 spiro atoms. The summed E-state index contributed by atoms with van der Waals surface area (Å²) in [6.45, 7) is 4.45. The third-order valence-electron chi connectivity index (χ3n) is 3.33. The number of esters is 2. The molecule has 0 saturated carbocycles. The van der Waals surface area contributed by atoms with Gasteiger partial charge in [0.15, 0.2) is 0 Å². The zero-order valence-electron chi connectivity index (χ0n) is 12.4. The highest BCUT2D eigenvalue weighted by atomic mass is 16.5. The van der Waals surface area contributed by atoms with Crippen LogP contribution in [0.1, 0.15) is 36.5 Å². The van der Waals surface area contributed by atoms with E-state index in [0.717, 1.165) is 12.1 Å². The van der Waals surface area contributed by atoms with Crippen LogP contribution >= 0.6 is 0 Å². The lowest BCUT2D eigenvalue weighted by atomic mass is 9.99. The molecule has 0 aliphatic carbocycles. The fraction of sp³-hybridized carbons (Fsp3) is 0.571. The molecule has 0 saturated heterocycles. The summed E-state index contributed by atoms with van der Waals surface area (Å²) in [4.78, 5) is 26.0. The van der Waals surface area contributed by atoms with E-state index in [1.54, 1.807) is 12.1 Å². The van der Waals surface area contributed by atoms with Crippen molar-refractivity contribution in [2.75, 3.05) is 14.2 Å². The number of aromatic amines is 1. The van der Waals surface area contributed by atoms with Gasteiger partial charge < -0.3 is 14.5 Å². The summed E-state index contributed by atoms with van der Waals surface area (Å²) in [5.41, 5.74) is 1.20. The summed E-state index contributed by atoms with van der Waals surface area (Å²) in [6.07, 6.45) is 0.866. The summed E-state index contributed by atoms with van der Waals surface area (Å²) < 4.78 is 9.42. The van der Waals surface area contributed by atoms with Crippen molar-refractivity contribution in [3.63, 3.8) is 0 Å². The third-order valence-corrected chi connectivity index (χ3v) is 3.33. The van der Waals surface area contributed by atoms with Gasteiger partial charge in [-0.3, -0.25) is 10.1 Å². The van der Waals surface area contributed by atoms with Gasteiger partial charge in [-0.2, -0.15) is 0 Å². The summed E-state index contributed by atoms with van der Waals surface area (Å²) >= 11 is 0. The van der Waals surface area contributed by atoms with Crippen LogP contribution in [0.25, 0.3) is 0 Å².